The molecule has 0 saturated heterocycles. The van der Waals surface area contributed by atoms with Crippen LogP contribution in [0.15, 0.2) is 6.07 Å². The number of carbonyl (C=O) groups excluding carboxylic acids is 2. The number of aryl methyl sites for hydroxylation is 1. The standard InChI is InChI=1S/C11H13N5O3S/c1-3-6-5-7(11(18)19-4-2)10(20-6)12-9(17)8-13-15-16-14-8/h5H,3-4H2,1-2H3,(H,12,17)(H,13,14,15,16). The first-order chi connectivity index (χ1) is 9.65. The van der Waals surface area contributed by atoms with E-state index in [4.69, 9.17) is 4.74 Å². The normalized spacial score (nSPS) is 10.3. The summed E-state index contributed by atoms with van der Waals surface area (Å²) in [6.45, 7) is 3.96. The van der Waals surface area contributed by atoms with E-state index in [0.29, 0.717) is 10.6 Å². The molecule has 2 N–H and O–H groups in total. The van der Waals surface area contributed by atoms with E-state index in [-0.39, 0.29) is 12.4 Å². The number of aromatic nitrogens is 4. The Hall–Kier alpha value is -2.29. The number of anilines is 1. The molecule has 0 unspecified atom stereocenters. The first kappa shape index (κ1) is 14.1. The molecule has 1 amide bonds. The van der Waals surface area contributed by atoms with Gasteiger partial charge in [0.05, 0.1) is 12.2 Å². The smallest absolute Gasteiger partial charge is 0.341 e. The summed E-state index contributed by atoms with van der Waals surface area (Å²) in [4.78, 5) is 24.7. The Bertz CT molecular complexity index is 608. The molecule has 2 rings (SSSR count). The van der Waals surface area contributed by atoms with E-state index in [1.807, 2.05) is 6.92 Å². The van der Waals surface area contributed by atoms with Gasteiger partial charge >= 0.3 is 5.97 Å². The molecule has 2 aromatic rings. The lowest BCUT2D eigenvalue weighted by molar-refractivity contribution is 0.0528. The topological polar surface area (TPSA) is 110 Å². The molecule has 0 aliphatic heterocycles. The minimum Gasteiger partial charge on any atom is -0.462 e. The van der Waals surface area contributed by atoms with Crippen LogP contribution >= 0.6 is 11.3 Å². The van der Waals surface area contributed by atoms with Crippen molar-refractivity contribution in [3.8, 4) is 0 Å². The molecule has 0 aliphatic carbocycles. The van der Waals surface area contributed by atoms with Crippen LogP contribution < -0.4 is 5.32 Å². The Morgan fingerprint density at radius 3 is 2.85 bits per heavy atom. The Morgan fingerprint density at radius 2 is 2.25 bits per heavy atom. The van der Waals surface area contributed by atoms with E-state index in [2.05, 4.69) is 25.9 Å². The largest absolute Gasteiger partial charge is 0.462 e. The fourth-order valence-corrected chi connectivity index (χ4v) is 2.47. The molecule has 20 heavy (non-hydrogen) atoms. The van der Waals surface area contributed by atoms with Crippen molar-refractivity contribution in [3.05, 3.63) is 22.3 Å². The van der Waals surface area contributed by atoms with Gasteiger partial charge in [-0.3, -0.25) is 4.79 Å². The SMILES string of the molecule is CCOC(=O)c1cc(CC)sc1NC(=O)c1nn[nH]n1. The molecule has 2 heterocycles. The number of hydrogen-bond acceptors (Lipinski definition) is 7. The molecule has 0 aliphatic rings. The van der Waals surface area contributed by atoms with Gasteiger partial charge in [-0.15, -0.1) is 21.5 Å². The number of rotatable bonds is 5. The second kappa shape index (κ2) is 6.24. The number of aromatic amines is 1. The molecule has 0 bridgehead atoms. The maximum Gasteiger partial charge on any atom is 0.341 e. The predicted molar refractivity (Wildman–Crippen MR) is 71.8 cm³/mol. The van der Waals surface area contributed by atoms with Crippen LogP contribution in [0.5, 0.6) is 0 Å². The highest BCUT2D eigenvalue weighted by molar-refractivity contribution is 7.16. The third-order valence-corrected chi connectivity index (χ3v) is 3.60. The molecule has 0 saturated carbocycles. The number of amides is 1. The summed E-state index contributed by atoms with van der Waals surface area (Å²) in [5, 5.41) is 15.7. The third kappa shape index (κ3) is 2.99. The van der Waals surface area contributed by atoms with Gasteiger partial charge < -0.3 is 10.1 Å². The summed E-state index contributed by atoms with van der Waals surface area (Å²) in [5.74, 6) is -1.09. The van der Waals surface area contributed by atoms with Crippen molar-refractivity contribution in [2.24, 2.45) is 0 Å². The highest BCUT2D eigenvalue weighted by Crippen LogP contribution is 2.29. The van der Waals surface area contributed by atoms with Gasteiger partial charge in [-0.2, -0.15) is 5.21 Å². The lowest BCUT2D eigenvalue weighted by Crippen LogP contribution is -2.15. The fraction of sp³-hybridized carbons (Fsp3) is 0.364. The number of esters is 1. The average Bonchev–Trinajstić information content (AvgIpc) is 3.08. The molecule has 8 nitrogen and oxygen atoms in total. The van der Waals surface area contributed by atoms with Gasteiger partial charge in [-0.25, -0.2) is 4.79 Å². The third-order valence-electron chi connectivity index (χ3n) is 2.40. The average molecular weight is 295 g/mol. The van der Waals surface area contributed by atoms with Crippen molar-refractivity contribution in [3.63, 3.8) is 0 Å². The lowest BCUT2D eigenvalue weighted by atomic mass is 10.2. The minimum absolute atomic E-state index is 0.0914. The quantitative estimate of drug-likeness (QED) is 0.803. The Balaban J connectivity index is 2.23. The second-order valence-electron chi connectivity index (χ2n) is 3.72. The zero-order chi connectivity index (χ0) is 14.5. The zero-order valence-electron chi connectivity index (χ0n) is 11.0. The maximum atomic E-state index is 11.9. The number of carbonyl (C=O) groups is 2. The van der Waals surface area contributed by atoms with Gasteiger partial charge in [0, 0.05) is 4.88 Å². The monoisotopic (exact) mass is 295 g/mol. The summed E-state index contributed by atoms with van der Waals surface area (Å²) >= 11 is 1.32. The summed E-state index contributed by atoms with van der Waals surface area (Å²) in [5.41, 5.74) is 0.338. The van der Waals surface area contributed by atoms with Crippen LogP contribution in [-0.2, 0) is 11.2 Å². The molecule has 0 aromatic carbocycles. The van der Waals surface area contributed by atoms with Gasteiger partial charge in [-0.1, -0.05) is 6.92 Å². The minimum atomic E-state index is -0.534. The summed E-state index contributed by atoms with van der Waals surface area (Å²) in [6, 6.07) is 1.72. The van der Waals surface area contributed by atoms with E-state index < -0.39 is 11.9 Å². The summed E-state index contributed by atoms with van der Waals surface area (Å²) in [6.07, 6.45) is 0.759. The van der Waals surface area contributed by atoms with E-state index in [0.717, 1.165) is 11.3 Å². The first-order valence-electron chi connectivity index (χ1n) is 6.00. The molecule has 2 aromatic heterocycles. The Labute approximate surface area is 118 Å². The van der Waals surface area contributed by atoms with Crippen LogP contribution in [-0.4, -0.2) is 39.1 Å². The van der Waals surface area contributed by atoms with Crippen molar-refractivity contribution in [2.75, 3.05) is 11.9 Å². The van der Waals surface area contributed by atoms with Crippen LogP contribution in [0, 0.1) is 0 Å². The molecular formula is C11H13N5O3S. The Morgan fingerprint density at radius 1 is 1.45 bits per heavy atom. The van der Waals surface area contributed by atoms with Crippen molar-refractivity contribution < 1.29 is 14.3 Å². The first-order valence-corrected chi connectivity index (χ1v) is 6.82. The van der Waals surface area contributed by atoms with Crippen molar-refractivity contribution in [2.45, 2.75) is 20.3 Å². The van der Waals surface area contributed by atoms with Crippen LogP contribution in [0.25, 0.3) is 0 Å². The van der Waals surface area contributed by atoms with Crippen molar-refractivity contribution in [1.82, 2.24) is 20.6 Å². The van der Waals surface area contributed by atoms with Crippen LogP contribution in [0.1, 0.15) is 39.7 Å². The lowest BCUT2D eigenvalue weighted by Gasteiger charge is -2.03. The fourth-order valence-electron chi connectivity index (χ4n) is 1.49. The Kier molecular flexibility index (Phi) is 4.41. The number of nitrogens with one attached hydrogen (secondary N) is 2. The van der Waals surface area contributed by atoms with E-state index >= 15 is 0 Å². The molecule has 0 spiro atoms. The van der Waals surface area contributed by atoms with Crippen molar-refractivity contribution >= 4 is 28.2 Å². The zero-order valence-corrected chi connectivity index (χ0v) is 11.8. The van der Waals surface area contributed by atoms with Gasteiger partial charge in [0.2, 0.25) is 0 Å². The number of nitrogens with zero attached hydrogens (tertiary/aromatic N) is 3. The second-order valence-corrected chi connectivity index (χ2v) is 4.86. The number of tetrazole rings is 1. The highest BCUT2D eigenvalue weighted by atomic mass is 32.1. The van der Waals surface area contributed by atoms with Gasteiger partial charge in [0.25, 0.3) is 11.7 Å². The number of hydrogen-bond donors (Lipinski definition) is 2. The van der Waals surface area contributed by atoms with Gasteiger partial charge in [0.15, 0.2) is 0 Å². The number of ether oxygens (including phenoxy) is 1. The summed E-state index contributed by atoms with van der Waals surface area (Å²) in [7, 11) is 0. The van der Waals surface area contributed by atoms with Crippen LogP contribution in [0.3, 0.4) is 0 Å². The van der Waals surface area contributed by atoms with E-state index in [1.165, 1.54) is 11.3 Å². The molecule has 9 heteroatoms. The highest BCUT2D eigenvalue weighted by Gasteiger charge is 2.20. The maximum absolute atomic E-state index is 11.9. The number of thiophene rings is 1. The van der Waals surface area contributed by atoms with Crippen LogP contribution in [0.2, 0.25) is 0 Å². The van der Waals surface area contributed by atoms with E-state index in [9.17, 15) is 9.59 Å². The number of H-pyrrole nitrogens is 1. The van der Waals surface area contributed by atoms with Gasteiger partial charge in [0.1, 0.15) is 5.00 Å². The van der Waals surface area contributed by atoms with Gasteiger partial charge in [-0.05, 0) is 24.6 Å². The van der Waals surface area contributed by atoms with E-state index in [1.54, 1.807) is 13.0 Å². The van der Waals surface area contributed by atoms with Crippen LogP contribution in [0.4, 0.5) is 5.00 Å². The molecular weight excluding hydrogens is 282 g/mol. The molecule has 0 atom stereocenters. The molecule has 106 valence electrons. The molecule has 0 fully saturated rings. The summed E-state index contributed by atoms with van der Waals surface area (Å²) < 4.78 is 4.97. The van der Waals surface area contributed by atoms with Crippen molar-refractivity contribution in [1.29, 1.82) is 0 Å². The molecule has 0 radical (unpaired) electrons. The predicted octanol–water partition coefficient (Wildman–Crippen LogP) is 1.25.